The van der Waals surface area contributed by atoms with Crippen LogP contribution in [0.5, 0.6) is 0 Å². The fourth-order valence-electron chi connectivity index (χ4n) is 12.2. The second-order valence-electron chi connectivity index (χ2n) is 26.2. The molecule has 6 rings (SSSR count). The number of Topliss-reactive ketones (excluding diaryl/α,β-unsaturated/α-hetero) is 1. The van der Waals surface area contributed by atoms with Gasteiger partial charge in [-0.3, -0.25) is 19.2 Å². The molecule has 0 saturated heterocycles. The van der Waals surface area contributed by atoms with Crippen molar-refractivity contribution in [3.8, 4) is 47.4 Å². The summed E-state index contributed by atoms with van der Waals surface area (Å²) in [6.07, 6.45) is 27.0. The molecule has 2 aliphatic rings. The summed E-state index contributed by atoms with van der Waals surface area (Å²) in [4.78, 5) is 54.0. The highest BCUT2D eigenvalue weighted by molar-refractivity contribution is 5.84. The van der Waals surface area contributed by atoms with Gasteiger partial charge in [-0.05, 0) is 137 Å². The molecule has 2 aliphatic carbocycles. The van der Waals surface area contributed by atoms with Gasteiger partial charge in [0.2, 0.25) is 0 Å². The molecule has 1 atom stereocenters. The zero-order valence-corrected chi connectivity index (χ0v) is 55.9. The summed E-state index contributed by atoms with van der Waals surface area (Å²) in [5, 5.41) is 0. The van der Waals surface area contributed by atoms with E-state index >= 15 is 0 Å². The van der Waals surface area contributed by atoms with E-state index < -0.39 is 22.4 Å². The van der Waals surface area contributed by atoms with Crippen LogP contribution in [-0.4, -0.2) is 51.7 Å². The Hall–Kier alpha value is -6.84. The first-order chi connectivity index (χ1) is 43.6. The van der Waals surface area contributed by atoms with Gasteiger partial charge in [-0.2, -0.15) is 0 Å². The summed E-state index contributed by atoms with van der Waals surface area (Å²) in [5.74, 6) is 26.8. The number of carbonyl (C=O) groups is 4. The van der Waals surface area contributed by atoms with Gasteiger partial charge >= 0.3 is 17.9 Å². The maximum Gasteiger partial charge on any atom is 0.307 e. The molecular weight excluding hydrogens is 1110 g/mol. The predicted molar refractivity (Wildman–Crippen MR) is 365 cm³/mol. The smallest absolute Gasteiger partial charge is 0.307 e. The van der Waals surface area contributed by atoms with Crippen LogP contribution >= 0.6 is 0 Å². The van der Waals surface area contributed by atoms with Crippen LogP contribution in [0.3, 0.4) is 0 Å². The van der Waals surface area contributed by atoms with E-state index in [-0.39, 0.29) is 28.9 Å². The van der Waals surface area contributed by atoms with E-state index in [4.69, 9.17) is 18.9 Å². The Bertz CT molecular complexity index is 3040. The zero-order chi connectivity index (χ0) is 64.3. The van der Waals surface area contributed by atoms with Crippen LogP contribution in [0, 0.1) is 52.8 Å². The number of benzene rings is 4. The predicted octanol–water partition coefficient (Wildman–Crippen LogP) is 19.5. The summed E-state index contributed by atoms with van der Waals surface area (Å²) in [7, 11) is 0. The fourth-order valence-corrected chi connectivity index (χ4v) is 12.2. The van der Waals surface area contributed by atoms with Crippen molar-refractivity contribution >= 4 is 23.7 Å². The summed E-state index contributed by atoms with van der Waals surface area (Å²) in [5.41, 5.74) is -0.674. The Balaban J connectivity index is 0.936. The summed E-state index contributed by atoms with van der Waals surface area (Å²) in [6, 6.07) is 39.4. The van der Waals surface area contributed by atoms with Crippen LogP contribution in [0.2, 0.25) is 0 Å². The molecule has 0 amide bonds. The van der Waals surface area contributed by atoms with Gasteiger partial charge in [-0.15, -0.1) is 0 Å². The van der Waals surface area contributed by atoms with Crippen molar-refractivity contribution in [1.82, 2.24) is 0 Å². The van der Waals surface area contributed by atoms with Gasteiger partial charge in [0.25, 0.3) is 0 Å². The van der Waals surface area contributed by atoms with E-state index in [1.54, 1.807) is 0 Å². The maximum atomic E-state index is 13.7. The van der Waals surface area contributed by atoms with Crippen molar-refractivity contribution in [2.45, 2.75) is 288 Å². The normalized spacial score (nSPS) is 20.2. The van der Waals surface area contributed by atoms with Gasteiger partial charge in [0.15, 0.2) is 16.8 Å². The molecule has 0 heterocycles. The molecule has 8 heteroatoms. The lowest BCUT2D eigenvalue weighted by atomic mass is 9.75. The van der Waals surface area contributed by atoms with Crippen LogP contribution in [0.25, 0.3) is 0 Å². The third-order valence-corrected chi connectivity index (χ3v) is 19.0. The lowest BCUT2D eigenvalue weighted by molar-refractivity contribution is -0.173. The molecule has 0 aliphatic heterocycles. The Morgan fingerprint density at radius 1 is 0.356 bits per heavy atom. The standard InChI is InChI=1S/C82H106O8/c1-7-11-56-77(5,8-2)73(83)48-36-20-16-12-13-17-21-37-49-74(84)87-79(57-52-69-40-28-24-29-41-69)61-63-80(64-62-79,58-53-70-42-30-25-31-43-70)88-75(85)50-38-22-18-14-15-19-23-39-51-76(86)89-81(59-54-71-44-32-26-33-45-71)65-67-82(68-66-81,90-78(6,9-3)10-4)60-55-72-46-34-27-35-47-72/h24-35,40-47H,7-23,36-39,48-51,56,61-68H2,1-6H3. The molecule has 4 aromatic carbocycles. The number of esters is 3. The van der Waals surface area contributed by atoms with Crippen molar-refractivity contribution in [2.24, 2.45) is 5.41 Å². The third kappa shape index (κ3) is 25.1. The van der Waals surface area contributed by atoms with Gasteiger partial charge in [0, 0.05) is 91.9 Å². The molecule has 4 aromatic rings. The Labute approximate surface area is 543 Å². The summed E-state index contributed by atoms with van der Waals surface area (Å²) < 4.78 is 26.2. The van der Waals surface area contributed by atoms with E-state index in [2.05, 4.69) is 88.9 Å². The molecular formula is C82H106O8. The van der Waals surface area contributed by atoms with Crippen molar-refractivity contribution in [2.75, 3.05) is 0 Å². The van der Waals surface area contributed by atoms with E-state index in [1.807, 2.05) is 121 Å². The van der Waals surface area contributed by atoms with Crippen LogP contribution in [0.15, 0.2) is 121 Å². The minimum absolute atomic E-state index is 0.169. The fraction of sp³-hybridized carbons (Fsp3) is 0.561. The van der Waals surface area contributed by atoms with Crippen molar-refractivity contribution < 1.29 is 38.1 Å². The number of hydrogen-bond donors (Lipinski definition) is 0. The topological polar surface area (TPSA) is 105 Å². The molecule has 0 spiro atoms. The molecule has 90 heavy (non-hydrogen) atoms. The monoisotopic (exact) mass is 1220 g/mol. The average Bonchev–Trinajstić information content (AvgIpc) is 0.923. The van der Waals surface area contributed by atoms with Crippen molar-refractivity contribution in [3.63, 3.8) is 0 Å². The van der Waals surface area contributed by atoms with E-state index in [0.717, 1.165) is 164 Å². The number of rotatable bonds is 34. The lowest BCUT2D eigenvalue weighted by Gasteiger charge is -2.45. The first-order valence-corrected chi connectivity index (χ1v) is 34.8. The molecule has 2 fully saturated rings. The highest BCUT2D eigenvalue weighted by atomic mass is 16.6. The van der Waals surface area contributed by atoms with Gasteiger partial charge in [-0.25, -0.2) is 0 Å². The van der Waals surface area contributed by atoms with Crippen LogP contribution in [-0.2, 0) is 38.1 Å². The Kier molecular flexibility index (Phi) is 30.6. The molecule has 0 bridgehead atoms. The zero-order valence-electron chi connectivity index (χ0n) is 55.9. The quantitative estimate of drug-likeness (QED) is 0.0197. The van der Waals surface area contributed by atoms with E-state index in [9.17, 15) is 19.2 Å². The number of ketones is 1. The lowest BCUT2D eigenvalue weighted by Crippen LogP contribution is -2.49. The molecule has 2 saturated carbocycles. The third-order valence-electron chi connectivity index (χ3n) is 19.0. The highest BCUT2D eigenvalue weighted by Gasteiger charge is 2.48. The molecule has 0 N–H and O–H groups in total. The average molecular weight is 1220 g/mol. The minimum atomic E-state index is -1.04. The molecule has 0 radical (unpaired) electrons. The second-order valence-corrected chi connectivity index (χ2v) is 26.2. The molecule has 482 valence electrons. The molecule has 1 unspecified atom stereocenters. The van der Waals surface area contributed by atoms with E-state index in [0.29, 0.717) is 82.8 Å². The molecule has 8 nitrogen and oxygen atoms in total. The number of ether oxygens (including phenoxy) is 4. The van der Waals surface area contributed by atoms with Gasteiger partial charge in [0.05, 0.1) is 5.60 Å². The van der Waals surface area contributed by atoms with Crippen molar-refractivity contribution in [3.05, 3.63) is 144 Å². The van der Waals surface area contributed by atoms with Gasteiger partial charge in [-0.1, -0.05) is 227 Å². The largest absolute Gasteiger partial charge is 0.446 e. The first kappa shape index (κ1) is 72.2. The minimum Gasteiger partial charge on any atom is -0.446 e. The number of carbonyl (C=O) groups excluding carboxylic acids is 4. The van der Waals surface area contributed by atoms with Crippen LogP contribution in [0.4, 0.5) is 0 Å². The SMILES string of the molecule is CCCCC(C)(CC)C(=O)CCCCCCCCCCC(=O)OC1(C#Cc2ccccc2)CCC(C#Cc2ccccc2)(OC(=O)CCCCCCCCCCC(=O)OC2(C#Cc3ccccc3)CCC(C#Cc3ccccc3)(OC(C)(CC)CC)CC2)CC1. The number of unbranched alkanes of at least 4 members (excludes halogenated alkanes) is 15. The Morgan fingerprint density at radius 2 is 0.622 bits per heavy atom. The van der Waals surface area contributed by atoms with Crippen LogP contribution in [0.1, 0.15) is 282 Å². The molecule has 0 aromatic heterocycles. The second kappa shape index (κ2) is 38.1. The first-order valence-electron chi connectivity index (χ1n) is 34.8. The van der Waals surface area contributed by atoms with Crippen molar-refractivity contribution in [1.29, 1.82) is 0 Å². The van der Waals surface area contributed by atoms with Gasteiger partial charge < -0.3 is 18.9 Å². The Morgan fingerprint density at radius 3 is 0.900 bits per heavy atom. The number of hydrogen-bond acceptors (Lipinski definition) is 8. The van der Waals surface area contributed by atoms with Crippen LogP contribution < -0.4 is 0 Å². The summed E-state index contributed by atoms with van der Waals surface area (Å²) >= 11 is 0. The van der Waals surface area contributed by atoms with Gasteiger partial charge in [0.1, 0.15) is 11.4 Å². The summed E-state index contributed by atoms with van der Waals surface area (Å²) in [6.45, 7) is 13.0. The maximum absolute atomic E-state index is 13.7. The van der Waals surface area contributed by atoms with E-state index in [1.165, 1.54) is 0 Å². The highest BCUT2D eigenvalue weighted by Crippen LogP contribution is 2.44.